The Labute approximate surface area is 301 Å². The first kappa shape index (κ1) is 68.2. The summed E-state index contributed by atoms with van der Waals surface area (Å²) < 4.78 is 55.8. The molecule has 0 rings (SSSR count). The Bertz CT molecular complexity index is 859. The van der Waals surface area contributed by atoms with Crippen LogP contribution in [0.5, 0.6) is 0 Å². The average Bonchev–Trinajstić information content (AvgIpc) is 2.37. The van der Waals surface area contributed by atoms with E-state index in [-0.39, 0.29) is 111 Å². The first-order valence-electron chi connectivity index (χ1n) is 7.13. The smallest absolute Gasteiger partial charge is 0.789 e. The van der Waals surface area contributed by atoms with Crippen molar-refractivity contribution in [3.63, 3.8) is 0 Å². The Morgan fingerprint density at radius 1 is 0.800 bits per heavy atom. The van der Waals surface area contributed by atoms with E-state index in [9.17, 15) is 48.6 Å². The standard InChI is InChI=1S/C6H8O7.2C2H4O2.2Mg.H3N.2Na.H4O7P2.H2O4S/c7-3(8)1-6(13,5(11)12)2-4(9)10;2*1-2(3)4;;;;;;1-8(2,3)7-9(4,5)6;1-5(2,3)4/h13H,1-2H2,(H,7,8)(H,9,10)(H,11,12);2*1H3,(H,3,4);;;1H3;;;(H2,1,2,3)(H2,4,5,6);(H2,1,2,3,4)/q;;;2*+2;;2*+1;;/p-6. The van der Waals surface area contributed by atoms with Crippen molar-refractivity contribution in [3.05, 3.63) is 0 Å². The number of carbonyl (C=O) groups excluding carboxylic acids is 3. The molecular weight excluding hydrogens is 675 g/mol. The molecule has 0 atom stereocenters. The maximum Gasteiger partial charge on any atom is 2.00 e. The van der Waals surface area contributed by atoms with Crippen molar-refractivity contribution in [2.75, 3.05) is 0 Å². The van der Waals surface area contributed by atoms with Crippen LogP contribution >= 0.6 is 15.6 Å². The van der Waals surface area contributed by atoms with E-state index in [2.05, 4.69) is 4.31 Å². The maximum absolute atomic E-state index is 10.1. The first-order chi connectivity index (χ1) is 14.9. The number of aliphatic carboxylic acids is 5. The third-order valence-corrected chi connectivity index (χ3v) is 3.11. The van der Waals surface area contributed by atoms with Crippen molar-refractivity contribution in [1.29, 1.82) is 0 Å². The molecule has 40 heavy (non-hydrogen) atoms. The summed E-state index contributed by atoms with van der Waals surface area (Å²) in [5.41, 5.74) is -2.97. The molecule has 218 valence electrons. The van der Waals surface area contributed by atoms with Crippen LogP contribution in [-0.2, 0) is 47.8 Å². The molecule has 0 unspecified atom stereocenters. The van der Waals surface area contributed by atoms with Crippen LogP contribution in [0.15, 0.2) is 0 Å². The van der Waals surface area contributed by atoms with E-state index in [0.29, 0.717) is 0 Å². The normalized spacial score (nSPS) is 9.32. The molecule has 0 aromatic carbocycles. The molecule has 0 aromatic rings. The summed E-state index contributed by atoms with van der Waals surface area (Å²) in [6, 6.07) is 0. The van der Waals surface area contributed by atoms with Gasteiger partial charge in [0.1, 0.15) is 5.60 Å². The zero-order valence-corrected chi connectivity index (χ0v) is 30.7. The molecule has 0 aliphatic heterocycles. The average molecular weight is 694 g/mol. The van der Waals surface area contributed by atoms with E-state index in [1.807, 2.05) is 0 Å². The van der Waals surface area contributed by atoms with E-state index in [4.69, 9.17) is 52.2 Å². The number of carbonyl (C=O) groups is 5. The Hall–Kier alpha value is 0.932. The SMILES string of the molecule is CC(=O)O.CC(=O)O.O=C([O-])CC(O)(CC(=O)[O-])C(=O)[O-].O=P([O-])([O-])OP(=O)(O)O.O=S(=O)([O-])[O-].[Mg+2].[Mg+2].[NH4+].[Na+].[Na+]. The maximum atomic E-state index is 10.1. The topological polar surface area (TPSA) is 462 Å². The van der Waals surface area contributed by atoms with Gasteiger partial charge in [0.25, 0.3) is 11.9 Å². The van der Waals surface area contributed by atoms with E-state index in [1.54, 1.807) is 0 Å². The van der Waals surface area contributed by atoms with Crippen LogP contribution in [0, 0.1) is 0 Å². The van der Waals surface area contributed by atoms with Crippen LogP contribution in [0.1, 0.15) is 26.7 Å². The van der Waals surface area contributed by atoms with Gasteiger partial charge in [-0.15, -0.1) is 0 Å². The fraction of sp³-hybridized carbons (Fsp3) is 0.500. The van der Waals surface area contributed by atoms with Crippen molar-refractivity contribution in [2.45, 2.75) is 32.3 Å². The molecule has 23 nitrogen and oxygen atoms in total. The van der Waals surface area contributed by atoms with Crippen molar-refractivity contribution >= 4 is 102 Å². The molecule has 0 aliphatic carbocycles. The Morgan fingerprint density at radius 2 is 0.975 bits per heavy atom. The number of hydrogen-bond acceptors (Lipinski definition) is 18. The summed E-state index contributed by atoms with van der Waals surface area (Å²) in [5, 5.41) is 53.8. The van der Waals surface area contributed by atoms with Gasteiger partial charge in [-0.25, -0.2) is 4.57 Å². The fourth-order valence-electron chi connectivity index (χ4n) is 0.815. The van der Waals surface area contributed by atoms with Crippen molar-refractivity contribution in [3.8, 4) is 0 Å². The van der Waals surface area contributed by atoms with Crippen LogP contribution in [0.25, 0.3) is 0 Å². The third kappa shape index (κ3) is 107. The second-order valence-corrected chi connectivity index (χ2v) is 8.23. The molecule has 0 aromatic heterocycles. The summed E-state index contributed by atoms with van der Waals surface area (Å²) in [7, 11) is -15.9. The fourth-order valence-corrected chi connectivity index (χ4v) is 1.86. The summed E-state index contributed by atoms with van der Waals surface area (Å²) in [6.07, 6.45) is -2.72. The first-order valence-corrected chi connectivity index (χ1v) is 11.5. The second kappa shape index (κ2) is 32.8. The molecule has 0 heterocycles. The van der Waals surface area contributed by atoms with E-state index < -0.39 is 74.3 Å². The number of carboxylic acids is 5. The van der Waals surface area contributed by atoms with Gasteiger partial charge in [0.2, 0.25) is 0 Å². The van der Waals surface area contributed by atoms with E-state index in [0.717, 1.165) is 13.8 Å². The Balaban J connectivity index is -0.0000000369. The Kier molecular flexibility index (Phi) is 56.0. The molecule has 30 heteroatoms. The zero-order valence-electron chi connectivity index (χ0n) is 21.3. The van der Waals surface area contributed by atoms with Gasteiger partial charge in [0.15, 0.2) is 0 Å². The molecule has 0 radical (unpaired) electrons. The quantitative estimate of drug-likeness (QED) is 0.0623. The van der Waals surface area contributed by atoms with Crippen molar-refractivity contribution < 1.29 is 164 Å². The summed E-state index contributed by atoms with van der Waals surface area (Å²) in [6.45, 7) is 2.17. The molecule has 0 spiro atoms. The number of carboxylic acid groups (broad SMARTS) is 5. The van der Waals surface area contributed by atoms with Crippen molar-refractivity contribution in [1.82, 2.24) is 6.15 Å². The number of quaternary nitrogens is 1. The minimum Gasteiger partial charge on any atom is -0.789 e. The van der Waals surface area contributed by atoms with Gasteiger partial charge < -0.3 is 84.4 Å². The second-order valence-electron chi connectivity index (χ2n) is 4.88. The van der Waals surface area contributed by atoms with Crippen LogP contribution in [0.3, 0.4) is 0 Å². The molecule has 0 fully saturated rings. The number of hydrogen-bond donors (Lipinski definition) is 6. The molecule has 9 N–H and O–H groups in total. The predicted molar refractivity (Wildman–Crippen MR) is 105 cm³/mol. The summed E-state index contributed by atoms with van der Waals surface area (Å²) >= 11 is 0. The monoisotopic (exact) mass is 693 g/mol. The molecule has 0 saturated carbocycles. The van der Waals surface area contributed by atoms with Gasteiger partial charge in [0.05, 0.1) is 13.8 Å². The van der Waals surface area contributed by atoms with Crippen molar-refractivity contribution in [2.24, 2.45) is 0 Å². The van der Waals surface area contributed by atoms with Gasteiger partial charge >= 0.3 is 113 Å². The predicted octanol–water partition coefficient (Wildman–Crippen LogP) is -14.9. The largest absolute Gasteiger partial charge is 2.00 e. The minimum absolute atomic E-state index is 0. The minimum atomic E-state index is -5.55. The third-order valence-electron chi connectivity index (χ3n) is 1.46. The van der Waals surface area contributed by atoms with Crippen LogP contribution < -0.4 is 90.4 Å². The number of rotatable bonds is 7. The molecule has 0 bridgehead atoms. The molecule has 0 saturated heterocycles. The summed E-state index contributed by atoms with van der Waals surface area (Å²) in [4.78, 5) is 82.1. The van der Waals surface area contributed by atoms with E-state index in [1.165, 1.54) is 0 Å². The van der Waals surface area contributed by atoms with Gasteiger partial charge in [-0.3, -0.25) is 22.3 Å². The summed E-state index contributed by atoms with van der Waals surface area (Å²) in [5.74, 6) is -7.65. The van der Waals surface area contributed by atoms with Crippen LogP contribution in [0.2, 0.25) is 0 Å². The number of phosphoric acid groups is 2. The van der Waals surface area contributed by atoms with Gasteiger partial charge in [-0.1, -0.05) is 0 Å². The van der Waals surface area contributed by atoms with Gasteiger partial charge in [-0.05, 0) is 0 Å². The molecular formula is C10H19Mg2NNa2O22P2S. The van der Waals surface area contributed by atoms with Crippen LogP contribution in [-0.4, -0.2) is 124 Å². The number of aliphatic hydroxyl groups is 1. The Morgan fingerprint density at radius 3 is 1.02 bits per heavy atom. The van der Waals surface area contributed by atoms with Gasteiger partial charge in [-0.2, -0.15) is 0 Å². The van der Waals surface area contributed by atoms with E-state index >= 15 is 0 Å². The molecule has 0 amide bonds. The van der Waals surface area contributed by atoms with Gasteiger partial charge in [0, 0.05) is 49.0 Å². The zero-order chi connectivity index (χ0) is 30.0. The van der Waals surface area contributed by atoms with Crippen LogP contribution in [0.4, 0.5) is 0 Å². The molecule has 0 aliphatic rings.